The average Bonchev–Trinajstić information content (AvgIpc) is 2.83. The number of hydrogen-bond donors (Lipinski definition) is 1. The van der Waals surface area contributed by atoms with E-state index >= 15 is 0 Å². The van der Waals surface area contributed by atoms with Gasteiger partial charge in [-0.3, -0.25) is 4.79 Å². The number of hydrogen-bond acceptors (Lipinski definition) is 2. The zero-order chi connectivity index (χ0) is 11.5. The molecule has 0 aliphatic heterocycles. The maximum Gasteiger partial charge on any atom is 0.231 e. The highest BCUT2D eigenvalue weighted by atomic mass is 35.5. The average molecular weight is 246 g/mol. The van der Waals surface area contributed by atoms with Crippen LogP contribution in [0.25, 0.3) is 0 Å². The molecule has 1 aliphatic rings. The molecule has 0 aromatic rings. The smallest absolute Gasteiger partial charge is 0.231 e. The standard InChI is InChI=1S/C11H16ClNOS/c1-8(2)7-9(15)13-6-5-11(3-4-11)10(12)14/h5-6,8H,3-4,7H2,1-2H3,(H,13,15)/b6-5+. The topological polar surface area (TPSA) is 29.1 Å². The van der Waals surface area contributed by atoms with Crippen LogP contribution in [-0.2, 0) is 4.79 Å². The van der Waals surface area contributed by atoms with E-state index in [9.17, 15) is 4.79 Å². The van der Waals surface area contributed by atoms with Crippen LogP contribution in [-0.4, -0.2) is 10.2 Å². The summed E-state index contributed by atoms with van der Waals surface area (Å²) < 4.78 is 0. The normalized spacial score (nSPS) is 18.1. The van der Waals surface area contributed by atoms with Crippen LogP contribution in [0, 0.1) is 11.3 Å². The van der Waals surface area contributed by atoms with Crippen LogP contribution in [0.4, 0.5) is 0 Å². The molecule has 0 spiro atoms. The van der Waals surface area contributed by atoms with E-state index in [4.69, 9.17) is 23.8 Å². The van der Waals surface area contributed by atoms with Crippen LogP contribution in [0.5, 0.6) is 0 Å². The van der Waals surface area contributed by atoms with Gasteiger partial charge in [-0.25, -0.2) is 0 Å². The van der Waals surface area contributed by atoms with Crippen LogP contribution in [0.15, 0.2) is 12.3 Å². The zero-order valence-corrected chi connectivity index (χ0v) is 10.6. The lowest BCUT2D eigenvalue weighted by atomic mass is 10.1. The summed E-state index contributed by atoms with van der Waals surface area (Å²) in [6.45, 7) is 4.23. The lowest BCUT2D eigenvalue weighted by Crippen LogP contribution is -2.17. The number of thiocarbonyl (C=S) groups is 1. The molecule has 0 aromatic heterocycles. The molecule has 0 atom stereocenters. The fraction of sp³-hybridized carbons (Fsp3) is 0.636. The van der Waals surface area contributed by atoms with E-state index in [1.165, 1.54) is 0 Å². The number of rotatable bonds is 5. The molecule has 1 fully saturated rings. The summed E-state index contributed by atoms with van der Waals surface area (Å²) in [6, 6.07) is 0. The Morgan fingerprint density at radius 3 is 2.60 bits per heavy atom. The summed E-state index contributed by atoms with van der Waals surface area (Å²) >= 11 is 10.6. The fourth-order valence-electron chi connectivity index (χ4n) is 1.29. The van der Waals surface area contributed by atoms with E-state index in [-0.39, 0.29) is 5.24 Å². The van der Waals surface area contributed by atoms with Crippen molar-refractivity contribution in [1.82, 2.24) is 5.32 Å². The molecule has 0 unspecified atom stereocenters. The molecule has 0 heterocycles. The Morgan fingerprint density at radius 2 is 2.20 bits per heavy atom. The Morgan fingerprint density at radius 1 is 1.60 bits per heavy atom. The highest BCUT2D eigenvalue weighted by molar-refractivity contribution is 7.80. The van der Waals surface area contributed by atoms with Gasteiger partial charge in [0.15, 0.2) is 0 Å². The molecular formula is C11H16ClNOS. The van der Waals surface area contributed by atoms with E-state index in [1.807, 2.05) is 6.08 Å². The molecule has 84 valence electrons. The predicted octanol–water partition coefficient (Wildman–Crippen LogP) is 3.01. The number of carbonyl (C=O) groups excluding carboxylic acids is 1. The van der Waals surface area contributed by atoms with E-state index in [1.54, 1.807) is 6.20 Å². The first-order valence-corrected chi connectivity index (χ1v) is 5.92. The van der Waals surface area contributed by atoms with Gasteiger partial charge in [0.2, 0.25) is 5.24 Å². The highest BCUT2D eigenvalue weighted by Gasteiger charge is 2.46. The Hall–Kier alpha value is -0.410. The van der Waals surface area contributed by atoms with E-state index in [0.29, 0.717) is 5.92 Å². The predicted molar refractivity (Wildman–Crippen MR) is 66.9 cm³/mol. The Bertz CT molecular complexity index is 295. The number of allylic oxidation sites excluding steroid dienone is 1. The van der Waals surface area contributed by atoms with Crippen molar-refractivity contribution in [3.63, 3.8) is 0 Å². The largest absolute Gasteiger partial charge is 0.357 e. The van der Waals surface area contributed by atoms with Gasteiger partial charge in [0, 0.05) is 6.42 Å². The summed E-state index contributed by atoms with van der Waals surface area (Å²) in [7, 11) is 0. The second kappa shape index (κ2) is 5.08. The molecular weight excluding hydrogens is 230 g/mol. The van der Waals surface area contributed by atoms with Crippen LogP contribution < -0.4 is 5.32 Å². The molecule has 2 nitrogen and oxygen atoms in total. The van der Waals surface area contributed by atoms with Crippen molar-refractivity contribution in [3.05, 3.63) is 12.3 Å². The van der Waals surface area contributed by atoms with Crippen LogP contribution >= 0.6 is 23.8 Å². The van der Waals surface area contributed by atoms with Crippen LogP contribution in [0.2, 0.25) is 0 Å². The summed E-state index contributed by atoms with van der Waals surface area (Å²) in [6.07, 6.45) is 6.14. The second-order valence-corrected chi connectivity index (χ2v) is 5.26. The molecule has 0 amide bonds. The van der Waals surface area contributed by atoms with Crippen LogP contribution in [0.3, 0.4) is 0 Å². The first kappa shape index (κ1) is 12.7. The van der Waals surface area contributed by atoms with E-state index in [0.717, 1.165) is 24.3 Å². The SMILES string of the molecule is CC(C)CC(=S)N/C=C/C1(C(=O)Cl)CC1. The lowest BCUT2D eigenvalue weighted by molar-refractivity contribution is -0.114. The third kappa shape index (κ3) is 3.92. The summed E-state index contributed by atoms with van der Waals surface area (Å²) in [5.41, 5.74) is -0.401. The fourth-order valence-corrected chi connectivity index (χ4v) is 1.94. The Balaban J connectivity index is 2.34. The third-order valence-electron chi connectivity index (χ3n) is 2.42. The molecule has 15 heavy (non-hydrogen) atoms. The van der Waals surface area contributed by atoms with Gasteiger partial charge in [-0.15, -0.1) is 0 Å². The van der Waals surface area contributed by atoms with Gasteiger partial charge in [-0.05, 0) is 36.6 Å². The minimum absolute atomic E-state index is 0.268. The maximum absolute atomic E-state index is 11.0. The van der Waals surface area contributed by atoms with Gasteiger partial charge in [0.25, 0.3) is 0 Å². The van der Waals surface area contributed by atoms with Crippen molar-refractivity contribution in [3.8, 4) is 0 Å². The molecule has 1 N–H and O–H groups in total. The van der Waals surface area contributed by atoms with Crippen LogP contribution in [0.1, 0.15) is 33.1 Å². The lowest BCUT2D eigenvalue weighted by Gasteiger charge is -2.07. The van der Waals surface area contributed by atoms with E-state index in [2.05, 4.69) is 19.2 Å². The molecule has 0 radical (unpaired) electrons. The first-order valence-electron chi connectivity index (χ1n) is 5.13. The summed E-state index contributed by atoms with van der Waals surface area (Å²) in [4.78, 5) is 11.8. The minimum Gasteiger partial charge on any atom is -0.357 e. The Kier molecular flexibility index (Phi) is 4.29. The van der Waals surface area contributed by atoms with Crippen molar-refractivity contribution in [2.24, 2.45) is 11.3 Å². The molecule has 1 aliphatic carbocycles. The molecule has 1 rings (SSSR count). The molecule has 0 saturated heterocycles. The first-order chi connectivity index (χ1) is 6.96. The molecule has 0 aromatic carbocycles. The second-order valence-electron chi connectivity index (χ2n) is 4.43. The minimum atomic E-state index is -0.401. The van der Waals surface area contributed by atoms with Crippen molar-refractivity contribution in [1.29, 1.82) is 0 Å². The van der Waals surface area contributed by atoms with Gasteiger partial charge >= 0.3 is 0 Å². The van der Waals surface area contributed by atoms with Gasteiger partial charge in [-0.2, -0.15) is 0 Å². The summed E-state index contributed by atoms with van der Waals surface area (Å²) in [5, 5.41) is 2.74. The van der Waals surface area contributed by atoms with Gasteiger partial charge in [0.05, 0.1) is 10.4 Å². The van der Waals surface area contributed by atoms with Crippen molar-refractivity contribution in [2.45, 2.75) is 33.1 Å². The molecule has 1 saturated carbocycles. The summed E-state index contributed by atoms with van der Waals surface area (Å²) in [5.74, 6) is 0.544. The van der Waals surface area contributed by atoms with Crippen molar-refractivity contribution in [2.75, 3.05) is 0 Å². The van der Waals surface area contributed by atoms with Gasteiger partial charge in [0.1, 0.15) is 0 Å². The molecule has 4 heteroatoms. The monoisotopic (exact) mass is 245 g/mol. The van der Waals surface area contributed by atoms with Gasteiger partial charge < -0.3 is 5.32 Å². The number of halogens is 1. The zero-order valence-electron chi connectivity index (χ0n) is 9.05. The van der Waals surface area contributed by atoms with Gasteiger partial charge in [-0.1, -0.05) is 32.1 Å². The Labute approximate surface area is 101 Å². The maximum atomic E-state index is 11.0. The number of nitrogens with one attached hydrogen (secondary N) is 1. The molecule has 0 bridgehead atoms. The van der Waals surface area contributed by atoms with Crippen molar-refractivity contribution >= 4 is 34.0 Å². The quantitative estimate of drug-likeness (QED) is 0.596. The highest BCUT2D eigenvalue weighted by Crippen LogP contribution is 2.48. The third-order valence-corrected chi connectivity index (χ3v) is 3.08. The van der Waals surface area contributed by atoms with Crippen molar-refractivity contribution < 1.29 is 4.79 Å². The van der Waals surface area contributed by atoms with E-state index < -0.39 is 5.41 Å². The number of carbonyl (C=O) groups is 1.